The van der Waals surface area contributed by atoms with Gasteiger partial charge in [0.05, 0.1) is 42.1 Å². The summed E-state index contributed by atoms with van der Waals surface area (Å²) >= 11 is 0. The number of nitriles is 1. The number of H-pyrrole nitrogens is 1. The predicted octanol–water partition coefficient (Wildman–Crippen LogP) is 5.73. The lowest BCUT2D eigenvalue weighted by molar-refractivity contribution is -0.136. The van der Waals surface area contributed by atoms with Gasteiger partial charge in [-0.15, -0.1) is 0 Å². The molecular formula is C42H45N11O4. The topological polar surface area (TPSA) is 194 Å². The maximum absolute atomic E-state index is 13.3. The number of hydrogen-bond donors (Lipinski definition) is 4. The summed E-state index contributed by atoms with van der Waals surface area (Å²) in [5.74, 6) is -0.966. The molecule has 5 aromatic rings. The molecule has 2 aromatic carbocycles. The van der Waals surface area contributed by atoms with Crippen molar-refractivity contribution in [1.29, 1.82) is 5.26 Å². The number of anilines is 3. The van der Waals surface area contributed by atoms with E-state index in [1.54, 1.807) is 29.1 Å². The monoisotopic (exact) mass is 767 g/mol. The van der Waals surface area contributed by atoms with Crippen LogP contribution in [0.15, 0.2) is 67.1 Å². The first-order valence-corrected chi connectivity index (χ1v) is 19.8. The average molecular weight is 768 g/mol. The van der Waals surface area contributed by atoms with Crippen molar-refractivity contribution in [2.24, 2.45) is 0 Å². The number of likely N-dealkylation sites (tertiary alicyclic amines) is 1. The summed E-state index contributed by atoms with van der Waals surface area (Å²) in [5.41, 5.74) is 5.83. The van der Waals surface area contributed by atoms with Crippen molar-refractivity contribution in [2.75, 3.05) is 36.8 Å². The molecule has 0 spiro atoms. The van der Waals surface area contributed by atoms with Crippen molar-refractivity contribution in [2.45, 2.75) is 76.3 Å². The molecule has 1 atom stereocenters. The van der Waals surface area contributed by atoms with Gasteiger partial charge in [-0.1, -0.05) is 31.0 Å². The first-order valence-electron chi connectivity index (χ1n) is 19.8. The lowest BCUT2D eigenvalue weighted by Crippen LogP contribution is -2.54. The molecule has 15 heteroatoms. The molecule has 4 N–H and O–H groups in total. The molecule has 4 amide bonds. The minimum absolute atomic E-state index is 0.0933. The van der Waals surface area contributed by atoms with Gasteiger partial charge in [0, 0.05) is 47.7 Å². The Morgan fingerprint density at radius 2 is 1.72 bits per heavy atom. The number of amides is 4. The quantitative estimate of drug-likeness (QED) is 0.0751. The highest BCUT2D eigenvalue weighted by Gasteiger charge is 2.45. The molecule has 1 unspecified atom stereocenters. The minimum atomic E-state index is -0.974. The predicted molar refractivity (Wildman–Crippen MR) is 214 cm³/mol. The second-order valence-electron chi connectivity index (χ2n) is 14.9. The second-order valence-corrected chi connectivity index (χ2v) is 14.9. The number of nitrogens with zero attached hydrogens (tertiary/aromatic N) is 7. The first kappa shape index (κ1) is 37.5. The van der Waals surface area contributed by atoms with Gasteiger partial charge < -0.3 is 20.5 Å². The Bertz CT molecular complexity index is 2340. The summed E-state index contributed by atoms with van der Waals surface area (Å²) in [4.78, 5) is 66.7. The fourth-order valence-corrected chi connectivity index (χ4v) is 8.15. The number of unbranched alkanes of at least 4 members (excludes halogenated alkanes) is 3. The molecular weight excluding hydrogens is 723 g/mol. The number of benzene rings is 2. The molecule has 0 saturated carbocycles. The first-order chi connectivity index (χ1) is 27.9. The van der Waals surface area contributed by atoms with Gasteiger partial charge in [-0.25, -0.2) is 4.98 Å². The van der Waals surface area contributed by atoms with Gasteiger partial charge in [-0.05, 0) is 93.6 Å². The summed E-state index contributed by atoms with van der Waals surface area (Å²) in [6.45, 7) is 4.43. The number of carbonyl (C=O) groups excluding carboxylic acids is 4. The number of fused-ring (bicyclic) bond motifs is 2. The van der Waals surface area contributed by atoms with Gasteiger partial charge >= 0.3 is 0 Å². The van der Waals surface area contributed by atoms with Crippen LogP contribution in [0, 0.1) is 11.3 Å². The molecule has 2 saturated heterocycles. The van der Waals surface area contributed by atoms with E-state index in [4.69, 9.17) is 10.2 Å². The summed E-state index contributed by atoms with van der Waals surface area (Å²) < 4.78 is 1.76. The van der Waals surface area contributed by atoms with Crippen LogP contribution in [0.4, 0.5) is 17.3 Å². The molecule has 0 radical (unpaired) electrons. The highest BCUT2D eigenvalue weighted by Crippen LogP contribution is 2.33. The van der Waals surface area contributed by atoms with Crippen molar-refractivity contribution in [1.82, 2.24) is 39.8 Å². The fourth-order valence-electron chi connectivity index (χ4n) is 8.15. The number of aryl methyl sites for hydroxylation is 1. The molecule has 57 heavy (non-hydrogen) atoms. The van der Waals surface area contributed by atoms with Gasteiger partial charge in [-0.3, -0.25) is 34.1 Å². The molecule has 3 aliphatic rings. The Balaban J connectivity index is 0.757. The molecule has 3 aliphatic heterocycles. The average Bonchev–Trinajstić information content (AvgIpc) is 3.96. The molecule has 0 aliphatic carbocycles. The van der Waals surface area contributed by atoms with Crippen LogP contribution in [0.2, 0.25) is 0 Å². The van der Waals surface area contributed by atoms with Crippen molar-refractivity contribution < 1.29 is 19.2 Å². The Morgan fingerprint density at radius 3 is 2.53 bits per heavy atom. The highest BCUT2D eigenvalue weighted by atomic mass is 16.2. The van der Waals surface area contributed by atoms with Gasteiger partial charge in [0.25, 0.3) is 11.8 Å². The van der Waals surface area contributed by atoms with E-state index in [9.17, 15) is 19.2 Å². The van der Waals surface area contributed by atoms with Crippen LogP contribution in [0.3, 0.4) is 0 Å². The molecule has 0 bridgehead atoms. The maximum Gasteiger partial charge on any atom is 0.264 e. The lowest BCUT2D eigenvalue weighted by Gasteiger charge is -2.32. The van der Waals surface area contributed by atoms with Crippen molar-refractivity contribution >= 4 is 52.0 Å². The van der Waals surface area contributed by atoms with Crippen LogP contribution in [-0.4, -0.2) is 90.4 Å². The van der Waals surface area contributed by atoms with Gasteiger partial charge in [-0.2, -0.15) is 15.3 Å². The van der Waals surface area contributed by atoms with E-state index in [1.165, 1.54) is 5.56 Å². The Morgan fingerprint density at radius 1 is 0.895 bits per heavy atom. The number of rotatable bonds is 15. The molecule has 15 nitrogen and oxygen atoms in total. The normalized spacial score (nSPS) is 17.5. The smallest absolute Gasteiger partial charge is 0.264 e. The summed E-state index contributed by atoms with van der Waals surface area (Å²) in [6, 6.07) is 16.9. The zero-order valence-electron chi connectivity index (χ0n) is 31.7. The number of aromatic nitrogens is 5. The van der Waals surface area contributed by atoms with Gasteiger partial charge in [0.2, 0.25) is 17.8 Å². The molecule has 2 fully saturated rings. The summed E-state index contributed by atoms with van der Waals surface area (Å²) in [7, 11) is 0. The van der Waals surface area contributed by atoms with E-state index in [1.807, 2.05) is 18.5 Å². The van der Waals surface area contributed by atoms with Crippen molar-refractivity contribution in [3.63, 3.8) is 0 Å². The minimum Gasteiger partial charge on any atom is -0.384 e. The van der Waals surface area contributed by atoms with E-state index in [2.05, 4.69) is 66.3 Å². The fraction of sp³-hybridized carbons (Fsp3) is 0.381. The van der Waals surface area contributed by atoms with Crippen LogP contribution in [0.25, 0.3) is 22.3 Å². The third kappa shape index (κ3) is 8.13. The molecule has 6 heterocycles. The van der Waals surface area contributed by atoms with E-state index in [0.29, 0.717) is 42.6 Å². The zero-order chi connectivity index (χ0) is 39.3. The number of piperidine rings is 2. The number of imide groups is 2. The molecule has 8 rings (SSSR count). The van der Waals surface area contributed by atoms with Gasteiger partial charge in [0.15, 0.2) is 0 Å². The Kier molecular flexibility index (Phi) is 11.0. The van der Waals surface area contributed by atoms with Gasteiger partial charge in [0.1, 0.15) is 11.7 Å². The lowest BCUT2D eigenvalue weighted by atomic mass is 9.89. The van der Waals surface area contributed by atoms with Crippen LogP contribution >= 0.6 is 0 Å². The van der Waals surface area contributed by atoms with E-state index >= 15 is 0 Å². The third-order valence-electron chi connectivity index (χ3n) is 11.2. The van der Waals surface area contributed by atoms with Crippen molar-refractivity contribution in [3.05, 3.63) is 83.8 Å². The molecule has 292 valence electrons. The summed E-state index contributed by atoms with van der Waals surface area (Å²) in [6.07, 6.45) is 12.6. The Hall–Kier alpha value is -6.40. The van der Waals surface area contributed by atoms with Crippen LogP contribution in [0.5, 0.6) is 0 Å². The second kappa shape index (κ2) is 16.8. The number of aromatic amines is 1. The van der Waals surface area contributed by atoms with E-state index in [-0.39, 0.29) is 18.4 Å². The van der Waals surface area contributed by atoms with E-state index < -0.39 is 29.7 Å². The number of nitrogens with one attached hydrogen (secondary N) is 4. The van der Waals surface area contributed by atoms with E-state index in [0.717, 1.165) is 91.0 Å². The third-order valence-corrected chi connectivity index (χ3v) is 11.2. The zero-order valence-corrected chi connectivity index (χ0v) is 31.7. The largest absolute Gasteiger partial charge is 0.384 e. The highest BCUT2D eigenvalue weighted by molar-refractivity contribution is 6.25. The summed E-state index contributed by atoms with van der Waals surface area (Å²) in [5, 5.41) is 23.2. The van der Waals surface area contributed by atoms with Crippen LogP contribution in [0.1, 0.15) is 90.0 Å². The number of carbonyl (C=O) groups is 4. The number of hydrogen-bond acceptors (Lipinski definition) is 11. The maximum atomic E-state index is 13.3. The molecule has 3 aromatic heterocycles. The van der Waals surface area contributed by atoms with Crippen LogP contribution < -0.4 is 16.0 Å². The Labute approximate surface area is 329 Å². The SMILES string of the molecule is N#CCCn1cc(-c2nc(Nc3ccc(C4CCN(CCCCCCNc5cccc6c5C(=O)N(C5CCC(=O)NC5=O)C6=O)CC4)cc3)nc3[nH]ccc23)cn1. The standard InChI is InChI=1S/C42H45N11O4/c43-18-6-22-52-26-29(25-46-52)37-32-15-20-45-38(32)50-42(49-37)47-30-11-9-27(10-12-30)28-16-23-51(24-17-28)21-4-2-1-3-19-44-33-8-5-7-31-36(33)41(57)53(40(31)56)34-13-14-35(54)48-39(34)55/h5,7-12,15,20,25-26,28,34,44H,1-4,6,13-14,16-17,19,21-24H2,(H,48,54,55)(H2,45,47,49,50). The van der Waals surface area contributed by atoms with Crippen molar-refractivity contribution in [3.8, 4) is 17.3 Å². The van der Waals surface area contributed by atoms with Crippen LogP contribution in [-0.2, 0) is 16.1 Å².